The number of nitrogens with zero attached hydrogens (tertiary/aromatic N) is 5. The van der Waals surface area contributed by atoms with E-state index in [4.69, 9.17) is 0 Å². The number of hydrogen-bond acceptors (Lipinski definition) is 5. The molecule has 0 atom stereocenters. The molecule has 0 amide bonds. The Bertz CT molecular complexity index is 467. The molecule has 0 bridgehead atoms. The third-order valence-electron chi connectivity index (χ3n) is 1.85. The van der Waals surface area contributed by atoms with Crippen molar-refractivity contribution in [3.05, 3.63) is 6.33 Å². The maximum Gasteiger partial charge on any atom is 0.258 e. The van der Waals surface area contributed by atoms with E-state index in [1.165, 1.54) is 6.33 Å². The highest BCUT2D eigenvalue weighted by Crippen LogP contribution is 2.15. The van der Waals surface area contributed by atoms with Crippen LogP contribution in [0, 0.1) is 0 Å². The molecule has 0 saturated heterocycles. The maximum atomic E-state index is 12.2. The van der Waals surface area contributed by atoms with Gasteiger partial charge in [0.2, 0.25) is 0 Å². The van der Waals surface area contributed by atoms with Crippen molar-refractivity contribution in [3.8, 4) is 0 Å². The molecule has 80 valence electrons. The predicted molar refractivity (Wildman–Crippen MR) is 48.7 cm³/mol. The number of rotatable bonds is 3. The van der Waals surface area contributed by atoms with E-state index >= 15 is 0 Å². The molecule has 8 heteroatoms. The lowest BCUT2D eigenvalue weighted by atomic mass is 10.5. The van der Waals surface area contributed by atoms with Crippen molar-refractivity contribution in [2.24, 2.45) is 0 Å². The number of nitrogens with one attached hydrogen (secondary N) is 1. The van der Waals surface area contributed by atoms with Crippen LogP contribution in [0.2, 0.25) is 0 Å². The molecule has 0 aliphatic heterocycles. The topological polar surface area (TPSA) is 68.5 Å². The van der Waals surface area contributed by atoms with E-state index in [0.717, 1.165) is 4.68 Å². The van der Waals surface area contributed by atoms with Gasteiger partial charge >= 0.3 is 0 Å². The number of aromatic nitrogens is 5. The van der Waals surface area contributed by atoms with E-state index in [2.05, 4.69) is 25.6 Å². The van der Waals surface area contributed by atoms with Crippen LogP contribution in [0.5, 0.6) is 0 Å². The van der Waals surface area contributed by atoms with Crippen LogP contribution in [0.15, 0.2) is 6.33 Å². The lowest BCUT2D eigenvalue weighted by Gasteiger charge is -2.00. The van der Waals surface area contributed by atoms with Crippen LogP contribution in [-0.4, -0.2) is 38.4 Å². The predicted octanol–water partition coefficient (Wildman–Crippen LogP) is 0.528. The molecule has 15 heavy (non-hydrogen) atoms. The zero-order chi connectivity index (χ0) is 10.8. The fraction of sp³-hybridized carbons (Fsp3) is 0.429. The van der Waals surface area contributed by atoms with Gasteiger partial charge in [-0.15, -0.1) is 5.10 Å². The molecule has 0 unspecified atom stereocenters. The van der Waals surface area contributed by atoms with Crippen LogP contribution >= 0.6 is 0 Å². The monoisotopic (exact) mass is 214 g/mol. The largest absolute Gasteiger partial charge is 0.371 e. The molecule has 0 radical (unpaired) electrons. The Morgan fingerprint density at radius 3 is 2.93 bits per heavy atom. The molecule has 0 fully saturated rings. The molecule has 2 aromatic rings. The zero-order valence-electron chi connectivity index (χ0n) is 7.85. The van der Waals surface area contributed by atoms with Gasteiger partial charge in [-0.2, -0.15) is 0 Å². The Kier molecular flexibility index (Phi) is 2.40. The second-order valence-electron chi connectivity index (χ2n) is 2.81. The molecule has 0 aliphatic rings. The van der Waals surface area contributed by atoms with Crippen LogP contribution in [0.25, 0.3) is 11.2 Å². The molecule has 0 spiro atoms. The van der Waals surface area contributed by atoms with Crippen molar-refractivity contribution in [2.75, 3.05) is 12.4 Å². The first-order valence-corrected chi connectivity index (χ1v) is 4.22. The van der Waals surface area contributed by atoms with Crippen LogP contribution in [0.1, 0.15) is 0 Å². The quantitative estimate of drug-likeness (QED) is 0.807. The highest BCUT2D eigenvalue weighted by Gasteiger charge is 2.13. The minimum absolute atomic E-state index is 0.301. The Hall–Kier alpha value is -1.86. The van der Waals surface area contributed by atoms with Gasteiger partial charge < -0.3 is 5.32 Å². The molecule has 2 rings (SSSR count). The third kappa shape index (κ3) is 1.69. The Balaban J connectivity index is 2.51. The fourth-order valence-electron chi connectivity index (χ4n) is 1.23. The van der Waals surface area contributed by atoms with Crippen molar-refractivity contribution in [1.29, 1.82) is 0 Å². The minimum atomic E-state index is -2.48. The first kappa shape index (κ1) is 9.69. The summed E-state index contributed by atoms with van der Waals surface area (Å²) < 4.78 is 25.4. The smallest absolute Gasteiger partial charge is 0.258 e. The first-order valence-electron chi connectivity index (χ1n) is 4.22. The summed E-state index contributed by atoms with van der Waals surface area (Å²) in [7, 11) is 1.66. The summed E-state index contributed by atoms with van der Waals surface area (Å²) in [5.74, 6) is 0.473. The van der Waals surface area contributed by atoms with Gasteiger partial charge in [0.05, 0.1) is 0 Å². The normalized spacial score (nSPS) is 11.2. The highest BCUT2D eigenvalue weighted by molar-refractivity contribution is 5.81. The van der Waals surface area contributed by atoms with Crippen molar-refractivity contribution >= 4 is 17.0 Å². The van der Waals surface area contributed by atoms with E-state index in [0.29, 0.717) is 17.0 Å². The van der Waals surface area contributed by atoms with Crippen LogP contribution in [0.3, 0.4) is 0 Å². The van der Waals surface area contributed by atoms with Crippen molar-refractivity contribution in [1.82, 2.24) is 25.0 Å². The fourth-order valence-corrected chi connectivity index (χ4v) is 1.23. The Morgan fingerprint density at radius 1 is 1.47 bits per heavy atom. The lowest BCUT2D eigenvalue weighted by Crippen LogP contribution is -2.08. The van der Waals surface area contributed by atoms with Gasteiger partial charge in [-0.1, -0.05) is 5.21 Å². The Morgan fingerprint density at radius 2 is 2.27 bits per heavy atom. The van der Waals surface area contributed by atoms with E-state index < -0.39 is 13.0 Å². The average Bonchev–Trinajstić information content (AvgIpc) is 2.61. The molecule has 2 aromatic heterocycles. The number of fused-ring (bicyclic) bond motifs is 1. The van der Waals surface area contributed by atoms with Crippen molar-refractivity contribution in [3.63, 3.8) is 0 Å². The summed E-state index contributed by atoms with van der Waals surface area (Å²) in [5.41, 5.74) is 0.690. The molecular formula is C7H8F2N6. The van der Waals surface area contributed by atoms with Gasteiger partial charge in [-0.3, -0.25) is 0 Å². The second-order valence-corrected chi connectivity index (χ2v) is 2.81. The molecular weight excluding hydrogens is 206 g/mol. The molecule has 0 aliphatic carbocycles. The summed E-state index contributed by atoms with van der Waals surface area (Å²) in [6.45, 7) is -0.517. The van der Waals surface area contributed by atoms with Gasteiger partial charge in [0.1, 0.15) is 12.9 Å². The standard InChI is InChI=1S/C7H8F2N6/c1-10-6-5-7(12-3-11-6)15(14-13-5)2-4(8)9/h3-4H,2H2,1H3,(H,10,11,12). The lowest BCUT2D eigenvalue weighted by molar-refractivity contribution is 0.122. The van der Waals surface area contributed by atoms with Crippen molar-refractivity contribution < 1.29 is 8.78 Å². The van der Waals surface area contributed by atoms with Gasteiger partial charge in [-0.25, -0.2) is 23.4 Å². The molecule has 1 N–H and O–H groups in total. The van der Waals surface area contributed by atoms with Gasteiger partial charge in [0, 0.05) is 7.05 Å². The number of hydrogen-bond donors (Lipinski definition) is 1. The Labute approximate surface area is 83.3 Å². The van der Waals surface area contributed by atoms with E-state index in [1.54, 1.807) is 7.05 Å². The minimum Gasteiger partial charge on any atom is -0.371 e. The summed E-state index contributed by atoms with van der Waals surface area (Å²) in [4.78, 5) is 7.75. The molecule has 6 nitrogen and oxygen atoms in total. The molecule has 0 saturated carbocycles. The van der Waals surface area contributed by atoms with Crippen LogP contribution in [-0.2, 0) is 6.54 Å². The molecule has 2 heterocycles. The average molecular weight is 214 g/mol. The van der Waals surface area contributed by atoms with E-state index in [9.17, 15) is 8.78 Å². The molecule has 0 aromatic carbocycles. The number of alkyl halides is 2. The summed E-state index contributed by atoms with van der Waals surface area (Å²) in [5, 5.41) is 10.1. The van der Waals surface area contributed by atoms with Crippen molar-refractivity contribution in [2.45, 2.75) is 13.0 Å². The van der Waals surface area contributed by atoms with Gasteiger partial charge in [0.15, 0.2) is 17.0 Å². The summed E-state index contributed by atoms with van der Waals surface area (Å²) >= 11 is 0. The second kappa shape index (κ2) is 3.71. The first-order chi connectivity index (χ1) is 7.22. The number of halogens is 2. The highest BCUT2D eigenvalue weighted by atomic mass is 19.3. The number of anilines is 1. The summed E-state index contributed by atoms with van der Waals surface area (Å²) in [6.07, 6.45) is -1.21. The van der Waals surface area contributed by atoms with Gasteiger partial charge in [0.25, 0.3) is 6.43 Å². The summed E-state index contributed by atoms with van der Waals surface area (Å²) in [6, 6.07) is 0. The van der Waals surface area contributed by atoms with E-state index in [1.807, 2.05) is 0 Å². The van der Waals surface area contributed by atoms with Crippen LogP contribution < -0.4 is 5.32 Å². The van der Waals surface area contributed by atoms with E-state index in [-0.39, 0.29) is 0 Å². The SMILES string of the molecule is CNc1ncnc2c1nnn2CC(F)F. The third-order valence-corrected chi connectivity index (χ3v) is 1.85. The van der Waals surface area contributed by atoms with Crippen LogP contribution in [0.4, 0.5) is 14.6 Å². The maximum absolute atomic E-state index is 12.2. The zero-order valence-corrected chi connectivity index (χ0v) is 7.85. The van der Waals surface area contributed by atoms with Gasteiger partial charge in [-0.05, 0) is 0 Å².